The van der Waals surface area contributed by atoms with Crippen molar-refractivity contribution >= 4 is 10.1 Å². The van der Waals surface area contributed by atoms with E-state index in [1.54, 1.807) is 0 Å². The molecule has 1 rings (SSSR count). The minimum atomic E-state index is 1.21. The van der Waals surface area contributed by atoms with Crippen LogP contribution in [0.1, 0.15) is 5.56 Å². The molecule has 52 valence electrons. The van der Waals surface area contributed by atoms with Crippen molar-refractivity contribution in [2.24, 2.45) is 0 Å². The molecule has 0 unspecified atom stereocenters. The first kappa shape index (κ1) is 7.68. The predicted molar refractivity (Wildman–Crippen MR) is 41.2 cm³/mol. The molecule has 0 spiro atoms. The fraction of sp³-hybridized carbons (Fsp3) is 0.125. The number of rotatable bonds is 2. The predicted octanol–water partition coefficient (Wildman–Crippen LogP) is 1.43. The molecule has 0 aliphatic rings. The SMILES string of the molecule is CNc1ccccc1[CH]=[W]. The fourth-order valence-electron chi connectivity index (χ4n) is 0.827. The summed E-state index contributed by atoms with van der Waals surface area (Å²) in [4.78, 5) is 0. The van der Waals surface area contributed by atoms with Gasteiger partial charge in [-0.1, -0.05) is 0 Å². The number of anilines is 1. The Morgan fingerprint density at radius 3 is 2.60 bits per heavy atom. The molecule has 0 aliphatic heterocycles. The van der Waals surface area contributed by atoms with E-state index in [1.807, 2.05) is 13.1 Å². The fourth-order valence-corrected chi connectivity index (χ4v) is 1.57. The normalized spacial score (nSPS) is 8.90. The van der Waals surface area contributed by atoms with Gasteiger partial charge in [-0.25, -0.2) is 0 Å². The standard InChI is InChI=1S/C8H9N.W/c1-7-5-3-4-6-8(7)9-2;/h1,3-6,9H,2H3;. The molecule has 1 N–H and O–H groups in total. The molecule has 0 atom stereocenters. The van der Waals surface area contributed by atoms with E-state index in [0.29, 0.717) is 0 Å². The van der Waals surface area contributed by atoms with Crippen molar-refractivity contribution in [3.63, 3.8) is 0 Å². The van der Waals surface area contributed by atoms with Gasteiger partial charge in [-0.2, -0.15) is 0 Å². The Labute approximate surface area is 71.9 Å². The second-order valence-electron chi connectivity index (χ2n) is 1.96. The van der Waals surface area contributed by atoms with Gasteiger partial charge >= 0.3 is 71.6 Å². The van der Waals surface area contributed by atoms with E-state index < -0.39 is 0 Å². The third-order valence-electron chi connectivity index (χ3n) is 1.36. The van der Waals surface area contributed by atoms with Gasteiger partial charge in [0.05, 0.1) is 0 Å². The average molecular weight is 303 g/mol. The Morgan fingerprint density at radius 1 is 1.40 bits per heavy atom. The summed E-state index contributed by atoms with van der Waals surface area (Å²) < 4.78 is 2.17. The van der Waals surface area contributed by atoms with Gasteiger partial charge in [0.25, 0.3) is 0 Å². The number of hydrogen-bond acceptors (Lipinski definition) is 1. The summed E-state index contributed by atoms with van der Waals surface area (Å²) in [6.45, 7) is 0. The van der Waals surface area contributed by atoms with Crippen LogP contribution in [0.15, 0.2) is 24.3 Å². The molecule has 1 aromatic carbocycles. The van der Waals surface area contributed by atoms with Gasteiger partial charge in [0.1, 0.15) is 0 Å². The molecule has 0 fully saturated rings. The van der Waals surface area contributed by atoms with E-state index >= 15 is 0 Å². The molecule has 0 radical (unpaired) electrons. The second kappa shape index (κ2) is 3.67. The van der Waals surface area contributed by atoms with Crippen LogP contribution in [0.25, 0.3) is 0 Å². The van der Waals surface area contributed by atoms with Crippen molar-refractivity contribution in [1.29, 1.82) is 0 Å². The van der Waals surface area contributed by atoms with E-state index in [2.05, 4.69) is 27.9 Å². The summed E-state index contributed by atoms with van der Waals surface area (Å²) in [6, 6.07) is 8.28. The van der Waals surface area contributed by atoms with Crippen molar-refractivity contribution in [2.45, 2.75) is 0 Å². The van der Waals surface area contributed by atoms with Gasteiger partial charge in [-0.3, -0.25) is 0 Å². The summed E-state index contributed by atoms with van der Waals surface area (Å²) in [7, 11) is 1.94. The molecule has 1 nitrogen and oxygen atoms in total. The van der Waals surface area contributed by atoms with Crippen LogP contribution >= 0.6 is 0 Å². The molecule has 10 heavy (non-hydrogen) atoms. The molecular weight excluding hydrogens is 294 g/mol. The summed E-state index contributed by atoms with van der Waals surface area (Å²) in [5.41, 5.74) is 2.50. The monoisotopic (exact) mass is 303 g/mol. The van der Waals surface area contributed by atoms with E-state index in [0.717, 1.165) is 0 Å². The molecule has 0 saturated carbocycles. The first-order valence-electron chi connectivity index (χ1n) is 3.10. The van der Waals surface area contributed by atoms with E-state index in [9.17, 15) is 0 Å². The molecule has 0 aromatic heterocycles. The van der Waals surface area contributed by atoms with Gasteiger partial charge in [0.2, 0.25) is 0 Å². The van der Waals surface area contributed by atoms with Crippen LogP contribution in [0.3, 0.4) is 0 Å². The van der Waals surface area contributed by atoms with Crippen LogP contribution in [-0.4, -0.2) is 11.4 Å². The van der Waals surface area contributed by atoms with E-state index in [1.165, 1.54) is 30.6 Å². The van der Waals surface area contributed by atoms with Crippen LogP contribution in [0.2, 0.25) is 0 Å². The first-order valence-corrected chi connectivity index (χ1v) is 4.80. The summed E-state index contributed by atoms with van der Waals surface area (Å²) in [6.07, 6.45) is 0. The van der Waals surface area contributed by atoms with Crippen LogP contribution in [0, 0.1) is 0 Å². The molecule has 2 heteroatoms. The van der Waals surface area contributed by atoms with Crippen LogP contribution in [-0.2, 0) is 19.4 Å². The molecule has 0 saturated heterocycles. The summed E-state index contributed by atoms with van der Waals surface area (Å²) in [5, 5.41) is 3.13. The summed E-state index contributed by atoms with van der Waals surface area (Å²) in [5.74, 6) is 0. The Kier molecular flexibility index (Phi) is 2.82. The number of hydrogen-bond donors (Lipinski definition) is 1. The third kappa shape index (κ3) is 1.54. The molecular formula is C8H9NW. The van der Waals surface area contributed by atoms with Crippen molar-refractivity contribution in [3.8, 4) is 0 Å². The molecule has 0 amide bonds. The molecule has 0 bridgehead atoms. The Hall–Kier alpha value is -0.422. The Morgan fingerprint density at radius 2 is 2.10 bits per heavy atom. The van der Waals surface area contributed by atoms with Gasteiger partial charge in [-0.05, 0) is 0 Å². The number of para-hydroxylation sites is 1. The average Bonchev–Trinajstić information content (AvgIpc) is 2.04. The van der Waals surface area contributed by atoms with Crippen LogP contribution in [0.5, 0.6) is 0 Å². The maximum atomic E-state index is 3.13. The summed E-state index contributed by atoms with van der Waals surface area (Å²) >= 11 is 1.48. The molecule has 0 heterocycles. The second-order valence-corrected chi connectivity index (χ2v) is 2.80. The zero-order chi connectivity index (χ0) is 7.40. The van der Waals surface area contributed by atoms with Gasteiger partial charge in [0.15, 0.2) is 0 Å². The Balaban J connectivity index is 3.08. The van der Waals surface area contributed by atoms with E-state index in [-0.39, 0.29) is 0 Å². The van der Waals surface area contributed by atoms with Crippen LogP contribution in [0.4, 0.5) is 5.69 Å². The number of benzene rings is 1. The topological polar surface area (TPSA) is 12.0 Å². The van der Waals surface area contributed by atoms with Gasteiger partial charge in [0, 0.05) is 0 Å². The minimum absolute atomic E-state index is 1.21. The zero-order valence-electron chi connectivity index (χ0n) is 5.79. The van der Waals surface area contributed by atoms with Crippen molar-refractivity contribution in [3.05, 3.63) is 29.8 Å². The zero-order valence-corrected chi connectivity index (χ0v) is 8.73. The molecule has 1 aromatic rings. The van der Waals surface area contributed by atoms with Crippen molar-refractivity contribution in [2.75, 3.05) is 12.4 Å². The number of nitrogens with one attached hydrogen (secondary N) is 1. The van der Waals surface area contributed by atoms with Crippen molar-refractivity contribution in [1.82, 2.24) is 0 Å². The van der Waals surface area contributed by atoms with Gasteiger partial charge < -0.3 is 0 Å². The van der Waals surface area contributed by atoms with E-state index in [4.69, 9.17) is 0 Å². The Bertz CT molecular complexity index is 232. The maximum absolute atomic E-state index is 3.13. The van der Waals surface area contributed by atoms with Gasteiger partial charge in [-0.15, -0.1) is 0 Å². The first-order chi connectivity index (χ1) is 4.88. The quantitative estimate of drug-likeness (QED) is 0.871. The van der Waals surface area contributed by atoms with Crippen LogP contribution < -0.4 is 5.32 Å². The molecule has 0 aliphatic carbocycles. The van der Waals surface area contributed by atoms with Crippen molar-refractivity contribution < 1.29 is 19.4 Å². The third-order valence-corrected chi connectivity index (χ3v) is 2.27.